The zero-order valence-electron chi connectivity index (χ0n) is 12.5. The van der Waals surface area contributed by atoms with E-state index in [-0.39, 0.29) is 0 Å². The first-order valence-electron chi connectivity index (χ1n) is 7.26. The van der Waals surface area contributed by atoms with Gasteiger partial charge in [-0.25, -0.2) is 4.98 Å². The van der Waals surface area contributed by atoms with Gasteiger partial charge in [-0.3, -0.25) is 0 Å². The van der Waals surface area contributed by atoms with E-state index in [2.05, 4.69) is 31.6 Å². The largest absolute Gasteiger partial charge is 0.382 e. The molecule has 1 aliphatic heterocycles. The molecule has 0 aromatic carbocycles. The first kappa shape index (κ1) is 14.7. The van der Waals surface area contributed by atoms with E-state index in [1.165, 1.54) is 37.5 Å². The highest BCUT2D eigenvalue weighted by atomic mass is 32.1. The number of aryl methyl sites for hydroxylation is 1. The zero-order valence-corrected chi connectivity index (χ0v) is 14.1. The number of likely N-dealkylation sites (N-methyl/N-ethyl adjacent to an activating group) is 1. The molecule has 2 aromatic heterocycles. The average molecular weight is 323 g/mol. The molecular formula is C14H21N5S2. The van der Waals surface area contributed by atoms with Crippen LogP contribution in [0, 0.1) is 6.92 Å². The summed E-state index contributed by atoms with van der Waals surface area (Å²) in [5, 5.41) is 4.24. The van der Waals surface area contributed by atoms with Crippen molar-refractivity contribution in [1.29, 1.82) is 0 Å². The Morgan fingerprint density at radius 2 is 2.14 bits per heavy atom. The molecule has 0 unspecified atom stereocenters. The van der Waals surface area contributed by atoms with E-state index in [4.69, 9.17) is 5.73 Å². The van der Waals surface area contributed by atoms with Crippen molar-refractivity contribution in [2.24, 2.45) is 0 Å². The number of thiazole rings is 1. The third-order valence-electron chi connectivity index (χ3n) is 3.87. The van der Waals surface area contributed by atoms with Gasteiger partial charge in [0, 0.05) is 25.5 Å². The van der Waals surface area contributed by atoms with Crippen LogP contribution in [0.2, 0.25) is 0 Å². The number of aromatic nitrogens is 2. The summed E-state index contributed by atoms with van der Waals surface area (Å²) in [6.07, 6.45) is 2.67. The predicted octanol–water partition coefficient (Wildman–Crippen LogP) is 2.69. The lowest BCUT2D eigenvalue weighted by atomic mass is 10.2. The van der Waals surface area contributed by atoms with Gasteiger partial charge in [0.25, 0.3) is 0 Å². The zero-order chi connectivity index (χ0) is 14.8. The number of nitrogen functional groups attached to an aromatic ring is 1. The lowest BCUT2D eigenvalue weighted by molar-refractivity contribution is 0.347. The van der Waals surface area contributed by atoms with E-state index in [0.717, 1.165) is 34.4 Å². The second-order valence-corrected chi connectivity index (χ2v) is 7.28. The van der Waals surface area contributed by atoms with Crippen molar-refractivity contribution < 1.29 is 0 Å². The Balaban J connectivity index is 1.75. The van der Waals surface area contributed by atoms with Crippen LogP contribution in [0.15, 0.2) is 5.38 Å². The molecule has 2 N–H and O–H groups in total. The Bertz CT molecular complexity index is 600. The van der Waals surface area contributed by atoms with Gasteiger partial charge in [0.15, 0.2) is 0 Å². The molecule has 7 heteroatoms. The van der Waals surface area contributed by atoms with Crippen molar-refractivity contribution in [3.8, 4) is 11.3 Å². The number of likely N-dealkylation sites (tertiary alicyclic amines) is 1. The summed E-state index contributed by atoms with van der Waals surface area (Å²) in [7, 11) is 2.12. The fourth-order valence-corrected chi connectivity index (χ4v) is 4.08. The maximum absolute atomic E-state index is 6.07. The van der Waals surface area contributed by atoms with Crippen LogP contribution in [0.1, 0.15) is 17.8 Å². The molecule has 3 rings (SSSR count). The number of nitrogens with two attached hydrogens (primary N) is 1. The molecule has 21 heavy (non-hydrogen) atoms. The number of hydrogen-bond acceptors (Lipinski definition) is 7. The summed E-state index contributed by atoms with van der Waals surface area (Å²) in [5.74, 6) is 0.591. The molecule has 114 valence electrons. The van der Waals surface area contributed by atoms with Gasteiger partial charge in [0.2, 0.25) is 0 Å². The fraction of sp³-hybridized carbons (Fsp3) is 0.571. The number of rotatable bonds is 5. The standard InChI is InChI=1S/C14H21N5S2/c1-10-16-11(9-20-10)12-13(15)17-21-14(12)18(2)7-8-19-5-3-4-6-19/h9H,3-8H2,1-2H3,(H2,15,17). The van der Waals surface area contributed by atoms with Crippen molar-refractivity contribution in [2.75, 3.05) is 43.9 Å². The molecule has 0 bridgehead atoms. The second kappa shape index (κ2) is 6.29. The Kier molecular flexibility index (Phi) is 4.42. The molecule has 0 atom stereocenters. The minimum atomic E-state index is 0.591. The minimum absolute atomic E-state index is 0.591. The van der Waals surface area contributed by atoms with Crippen molar-refractivity contribution in [1.82, 2.24) is 14.3 Å². The van der Waals surface area contributed by atoms with Crippen molar-refractivity contribution in [2.45, 2.75) is 19.8 Å². The number of nitrogens with zero attached hydrogens (tertiary/aromatic N) is 4. The molecule has 2 aromatic rings. The van der Waals surface area contributed by atoms with Gasteiger partial charge >= 0.3 is 0 Å². The number of hydrogen-bond donors (Lipinski definition) is 1. The molecule has 1 fully saturated rings. The normalized spacial score (nSPS) is 15.7. The van der Waals surface area contributed by atoms with E-state index in [9.17, 15) is 0 Å². The van der Waals surface area contributed by atoms with E-state index >= 15 is 0 Å². The Hall–Kier alpha value is -1.18. The summed E-state index contributed by atoms with van der Waals surface area (Å²) in [6.45, 7) is 6.58. The predicted molar refractivity (Wildman–Crippen MR) is 91.3 cm³/mol. The van der Waals surface area contributed by atoms with Crippen molar-refractivity contribution >= 4 is 33.7 Å². The second-order valence-electron chi connectivity index (χ2n) is 5.47. The lowest BCUT2D eigenvalue weighted by Gasteiger charge is -2.22. The van der Waals surface area contributed by atoms with Gasteiger partial charge in [0.05, 0.1) is 16.3 Å². The minimum Gasteiger partial charge on any atom is -0.382 e. The SMILES string of the molecule is Cc1nc(-c2c(N)nsc2N(C)CCN2CCCC2)cs1. The highest BCUT2D eigenvalue weighted by Crippen LogP contribution is 2.38. The van der Waals surface area contributed by atoms with E-state index in [1.807, 2.05) is 6.92 Å². The average Bonchev–Trinajstić information content (AvgIpc) is 3.17. The van der Waals surface area contributed by atoms with Crippen LogP contribution < -0.4 is 10.6 Å². The molecule has 1 aliphatic rings. The molecule has 0 spiro atoms. The highest BCUT2D eigenvalue weighted by molar-refractivity contribution is 7.11. The van der Waals surface area contributed by atoms with Crippen LogP contribution in [0.4, 0.5) is 10.8 Å². The molecule has 0 aliphatic carbocycles. The smallest absolute Gasteiger partial charge is 0.148 e. The van der Waals surface area contributed by atoms with Crippen molar-refractivity contribution in [3.63, 3.8) is 0 Å². The summed E-state index contributed by atoms with van der Waals surface area (Å²) in [6, 6.07) is 0. The lowest BCUT2D eigenvalue weighted by Crippen LogP contribution is -2.31. The first-order chi connectivity index (χ1) is 10.1. The highest BCUT2D eigenvalue weighted by Gasteiger charge is 2.20. The van der Waals surface area contributed by atoms with E-state index < -0.39 is 0 Å². The van der Waals surface area contributed by atoms with Gasteiger partial charge < -0.3 is 15.5 Å². The van der Waals surface area contributed by atoms with Crippen LogP contribution in [-0.2, 0) is 0 Å². The Morgan fingerprint density at radius 1 is 1.38 bits per heavy atom. The molecule has 0 radical (unpaired) electrons. The molecule has 3 heterocycles. The maximum atomic E-state index is 6.07. The first-order valence-corrected chi connectivity index (χ1v) is 8.91. The third-order valence-corrected chi connectivity index (χ3v) is 5.62. The van der Waals surface area contributed by atoms with Crippen molar-refractivity contribution in [3.05, 3.63) is 10.4 Å². The molecule has 0 saturated carbocycles. The van der Waals surface area contributed by atoms with E-state index in [0.29, 0.717) is 5.82 Å². The molecular weight excluding hydrogens is 302 g/mol. The van der Waals surface area contributed by atoms with Gasteiger partial charge in [-0.15, -0.1) is 11.3 Å². The van der Waals surface area contributed by atoms with Gasteiger partial charge in [0.1, 0.15) is 10.8 Å². The van der Waals surface area contributed by atoms with Crippen LogP contribution >= 0.6 is 22.9 Å². The summed E-state index contributed by atoms with van der Waals surface area (Å²) >= 11 is 3.12. The Morgan fingerprint density at radius 3 is 2.81 bits per heavy atom. The number of anilines is 2. The van der Waals surface area contributed by atoms with E-state index in [1.54, 1.807) is 11.3 Å². The summed E-state index contributed by atoms with van der Waals surface area (Å²) < 4.78 is 4.33. The molecule has 0 amide bonds. The van der Waals surface area contributed by atoms with Gasteiger partial charge in [-0.05, 0) is 44.4 Å². The summed E-state index contributed by atoms with van der Waals surface area (Å²) in [5.41, 5.74) is 8.01. The van der Waals surface area contributed by atoms with Crippen LogP contribution in [0.25, 0.3) is 11.3 Å². The Labute approximate surface area is 133 Å². The van der Waals surface area contributed by atoms with Gasteiger partial charge in [-0.1, -0.05) is 0 Å². The summed E-state index contributed by atoms with van der Waals surface area (Å²) in [4.78, 5) is 9.34. The maximum Gasteiger partial charge on any atom is 0.148 e. The topological polar surface area (TPSA) is 58.3 Å². The fourth-order valence-electron chi connectivity index (χ4n) is 2.67. The van der Waals surface area contributed by atoms with Crippen LogP contribution in [0.3, 0.4) is 0 Å². The van der Waals surface area contributed by atoms with Crippen LogP contribution in [0.5, 0.6) is 0 Å². The van der Waals surface area contributed by atoms with Crippen LogP contribution in [-0.4, -0.2) is 47.5 Å². The molecule has 5 nitrogen and oxygen atoms in total. The monoisotopic (exact) mass is 323 g/mol. The van der Waals surface area contributed by atoms with Gasteiger partial charge in [-0.2, -0.15) is 4.37 Å². The molecule has 1 saturated heterocycles. The quantitative estimate of drug-likeness (QED) is 0.917. The third kappa shape index (κ3) is 3.20.